The van der Waals surface area contributed by atoms with Gasteiger partial charge in [0.15, 0.2) is 0 Å². The minimum atomic E-state index is -1.72. The molecule has 2 amide bonds. The molecule has 1 aliphatic heterocycles. The fraction of sp³-hybridized carbons (Fsp3) is 0.526. The Kier molecular flexibility index (Phi) is 4.92. The predicted octanol–water partition coefficient (Wildman–Crippen LogP) is 2.26. The molecule has 0 saturated heterocycles. The number of aliphatic carboxylic acids is 1. The zero-order chi connectivity index (χ0) is 19.9. The standard InChI is InChI=1S/C19H22F2N2O4/c1-19(2)16-13(6-5-12(17(16)21)10-3-4-10)23(18(19)27)9-14(24)22-8-11(20)7-15(25)26/h5-6,10-11H,3-4,7-9H2,1-2H3,(H,22,24)(H,25,26)/t11-/m1/s1. The highest BCUT2D eigenvalue weighted by Crippen LogP contribution is 2.48. The Hall–Kier alpha value is -2.51. The van der Waals surface area contributed by atoms with Crippen molar-refractivity contribution in [2.45, 2.75) is 50.6 Å². The van der Waals surface area contributed by atoms with E-state index in [0.29, 0.717) is 16.8 Å². The van der Waals surface area contributed by atoms with Gasteiger partial charge in [0.2, 0.25) is 11.8 Å². The van der Waals surface area contributed by atoms with Gasteiger partial charge in [-0.3, -0.25) is 14.4 Å². The first-order valence-electron chi connectivity index (χ1n) is 8.90. The molecular formula is C19H22F2N2O4. The van der Waals surface area contributed by atoms with Crippen LogP contribution in [0.1, 0.15) is 50.2 Å². The van der Waals surface area contributed by atoms with E-state index in [0.717, 1.165) is 12.8 Å². The van der Waals surface area contributed by atoms with E-state index in [1.54, 1.807) is 26.0 Å². The normalized spacial score (nSPS) is 19.0. The number of benzene rings is 1. The smallest absolute Gasteiger partial charge is 0.306 e. The average molecular weight is 380 g/mol. The van der Waals surface area contributed by atoms with Crippen molar-refractivity contribution >= 4 is 23.5 Å². The van der Waals surface area contributed by atoms with Crippen molar-refractivity contribution in [2.75, 3.05) is 18.0 Å². The Labute approximate surface area is 155 Å². The quantitative estimate of drug-likeness (QED) is 0.760. The summed E-state index contributed by atoms with van der Waals surface area (Å²) in [6, 6.07) is 3.32. The number of carbonyl (C=O) groups excluding carboxylic acids is 2. The molecule has 2 N–H and O–H groups in total. The maximum absolute atomic E-state index is 15.0. The lowest BCUT2D eigenvalue weighted by Gasteiger charge is -2.20. The summed E-state index contributed by atoms with van der Waals surface area (Å²) in [5, 5.41) is 10.8. The van der Waals surface area contributed by atoms with E-state index in [1.807, 2.05) is 0 Å². The van der Waals surface area contributed by atoms with Crippen molar-refractivity contribution in [2.24, 2.45) is 0 Å². The maximum Gasteiger partial charge on any atom is 0.306 e. The molecule has 8 heteroatoms. The summed E-state index contributed by atoms with van der Waals surface area (Å²) in [6.45, 7) is 2.40. The Morgan fingerprint density at radius 1 is 1.37 bits per heavy atom. The summed E-state index contributed by atoms with van der Waals surface area (Å²) in [5.41, 5.74) is 0.148. The molecule has 146 valence electrons. The molecule has 0 bridgehead atoms. The van der Waals surface area contributed by atoms with Gasteiger partial charge in [-0.1, -0.05) is 6.07 Å². The number of nitrogens with zero attached hydrogens (tertiary/aromatic N) is 1. The number of hydrogen-bond acceptors (Lipinski definition) is 3. The molecule has 1 atom stereocenters. The molecule has 0 spiro atoms. The Bertz CT molecular complexity index is 805. The molecule has 2 aliphatic rings. The number of anilines is 1. The van der Waals surface area contributed by atoms with Crippen LogP contribution < -0.4 is 10.2 Å². The van der Waals surface area contributed by atoms with Gasteiger partial charge < -0.3 is 15.3 Å². The third kappa shape index (κ3) is 3.65. The number of fused-ring (bicyclic) bond motifs is 1. The Morgan fingerprint density at radius 3 is 2.63 bits per heavy atom. The highest BCUT2D eigenvalue weighted by atomic mass is 19.1. The number of alkyl halides is 1. The SMILES string of the molecule is CC1(C)C(=O)N(CC(=O)NC[C@H](F)CC(=O)O)c2ccc(C3CC3)c(F)c21. The van der Waals surface area contributed by atoms with Crippen molar-refractivity contribution in [3.63, 3.8) is 0 Å². The first-order chi connectivity index (χ1) is 12.6. The van der Waals surface area contributed by atoms with Gasteiger partial charge in [-0.2, -0.15) is 0 Å². The number of hydrogen-bond donors (Lipinski definition) is 2. The monoisotopic (exact) mass is 380 g/mol. The van der Waals surface area contributed by atoms with Crippen LogP contribution in [0.3, 0.4) is 0 Å². The first-order valence-corrected chi connectivity index (χ1v) is 8.90. The predicted molar refractivity (Wildman–Crippen MR) is 93.9 cm³/mol. The van der Waals surface area contributed by atoms with E-state index in [9.17, 15) is 18.8 Å². The third-order valence-corrected chi connectivity index (χ3v) is 5.08. The highest BCUT2D eigenvalue weighted by Gasteiger charge is 2.47. The first kappa shape index (κ1) is 19.3. The van der Waals surface area contributed by atoms with Crippen LogP contribution >= 0.6 is 0 Å². The molecule has 0 aromatic heterocycles. The average Bonchev–Trinajstić information content (AvgIpc) is 3.38. The Morgan fingerprint density at radius 2 is 2.04 bits per heavy atom. The second-order valence-corrected chi connectivity index (χ2v) is 7.65. The summed E-state index contributed by atoms with van der Waals surface area (Å²) in [6.07, 6.45) is -0.579. The second kappa shape index (κ2) is 6.90. The van der Waals surface area contributed by atoms with E-state index in [4.69, 9.17) is 5.11 Å². The third-order valence-electron chi connectivity index (χ3n) is 5.08. The van der Waals surface area contributed by atoms with E-state index in [1.165, 1.54) is 4.90 Å². The van der Waals surface area contributed by atoms with Crippen molar-refractivity contribution in [1.29, 1.82) is 0 Å². The van der Waals surface area contributed by atoms with Crippen LogP contribution in [-0.4, -0.2) is 42.2 Å². The molecule has 3 rings (SSSR count). The van der Waals surface area contributed by atoms with Gasteiger partial charge in [-0.25, -0.2) is 8.78 Å². The van der Waals surface area contributed by atoms with E-state index < -0.39 is 42.3 Å². The van der Waals surface area contributed by atoms with Crippen LogP contribution in [0.25, 0.3) is 0 Å². The molecule has 1 aliphatic carbocycles. The van der Waals surface area contributed by atoms with Gasteiger partial charge in [-0.15, -0.1) is 0 Å². The van der Waals surface area contributed by atoms with Crippen LogP contribution in [0, 0.1) is 5.82 Å². The van der Waals surface area contributed by atoms with Crippen LogP contribution in [-0.2, 0) is 19.8 Å². The highest BCUT2D eigenvalue weighted by molar-refractivity contribution is 6.10. The molecule has 0 unspecified atom stereocenters. The topological polar surface area (TPSA) is 86.7 Å². The molecule has 1 heterocycles. The van der Waals surface area contributed by atoms with Crippen LogP contribution in [0.4, 0.5) is 14.5 Å². The number of carbonyl (C=O) groups is 3. The molecule has 1 aromatic rings. The van der Waals surface area contributed by atoms with Crippen molar-refractivity contribution in [3.8, 4) is 0 Å². The van der Waals surface area contributed by atoms with Gasteiger partial charge in [0.05, 0.1) is 17.5 Å². The lowest BCUT2D eigenvalue weighted by molar-refractivity contribution is -0.138. The van der Waals surface area contributed by atoms with E-state index in [2.05, 4.69) is 5.32 Å². The van der Waals surface area contributed by atoms with Crippen LogP contribution in [0.2, 0.25) is 0 Å². The fourth-order valence-electron chi connectivity index (χ4n) is 3.51. The Balaban J connectivity index is 1.76. The molecule has 6 nitrogen and oxygen atoms in total. The molecule has 1 aromatic carbocycles. The summed E-state index contributed by atoms with van der Waals surface area (Å²) in [4.78, 5) is 36.6. The number of carboxylic acid groups (broad SMARTS) is 1. The number of carboxylic acids is 1. The van der Waals surface area contributed by atoms with E-state index in [-0.39, 0.29) is 18.3 Å². The summed E-state index contributed by atoms with van der Waals surface area (Å²) in [7, 11) is 0. The summed E-state index contributed by atoms with van der Waals surface area (Å²) in [5.74, 6) is -2.53. The maximum atomic E-state index is 15.0. The number of amides is 2. The van der Waals surface area contributed by atoms with Gasteiger partial charge in [0.1, 0.15) is 18.5 Å². The van der Waals surface area contributed by atoms with E-state index >= 15 is 4.39 Å². The summed E-state index contributed by atoms with van der Waals surface area (Å²) < 4.78 is 28.5. The van der Waals surface area contributed by atoms with Crippen molar-refractivity contribution in [3.05, 3.63) is 29.1 Å². The fourth-order valence-corrected chi connectivity index (χ4v) is 3.51. The minimum Gasteiger partial charge on any atom is -0.481 e. The largest absolute Gasteiger partial charge is 0.481 e. The summed E-state index contributed by atoms with van der Waals surface area (Å²) >= 11 is 0. The molecule has 27 heavy (non-hydrogen) atoms. The van der Waals surface area contributed by atoms with Crippen LogP contribution in [0.15, 0.2) is 12.1 Å². The van der Waals surface area contributed by atoms with Crippen LogP contribution in [0.5, 0.6) is 0 Å². The van der Waals surface area contributed by atoms with Crippen molar-refractivity contribution < 1.29 is 28.3 Å². The van der Waals surface area contributed by atoms with Crippen molar-refractivity contribution in [1.82, 2.24) is 5.32 Å². The number of rotatable bonds is 7. The molecule has 1 fully saturated rings. The molecule has 1 saturated carbocycles. The minimum absolute atomic E-state index is 0.189. The molecular weight excluding hydrogens is 358 g/mol. The van der Waals surface area contributed by atoms with Gasteiger partial charge in [0.25, 0.3) is 0 Å². The second-order valence-electron chi connectivity index (χ2n) is 7.65. The van der Waals surface area contributed by atoms with Gasteiger partial charge in [0, 0.05) is 12.1 Å². The lowest BCUT2D eigenvalue weighted by Crippen LogP contribution is -2.44. The molecule has 0 radical (unpaired) electrons. The lowest BCUT2D eigenvalue weighted by atomic mass is 9.84. The van der Waals surface area contributed by atoms with Gasteiger partial charge in [-0.05, 0) is 44.2 Å². The number of nitrogens with one attached hydrogen (secondary N) is 1. The zero-order valence-corrected chi connectivity index (χ0v) is 15.2. The zero-order valence-electron chi connectivity index (χ0n) is 15.2. The number of halogens is 2. The van der Waals surface area contributed by atoms with Gasteiger partial charge >= 0.3 is 5.97 Å².